The molecular formula is C16H29NO3. The predicted octanol–water partition coefficient (Wildman–Crippen LogP) is 2.86. The van der Waals surface area contributed by atoms with E-state index in [9.17, 15) is 9.59 Å². The minimum absolute atomic E-state index is 0.0651. The largest absolute Gasteiger partial charge is 0.465 e. The van der Waals surface area contributed by atoms with Crippen molar-refractivity contribution >= 4 is 11.9 Å². The van der Waals surface area contributed by atoms with Crippen LogP contribution in [0.2, 0.25) is 0 Å². The van der Waals surface area contributed by atoms with Crippen LogP contribution in [0.25, 0.3) is 0 Å². The van der Waals surface area contributed by atoms with Gasteiger partial charge in [0.2, 0.25) is 5.91 Å². The molecule has 0 aromatic carbocycles. The number of carbonyl (C=O) groups is 2. The Balaban J connectivity index is 2.85. The van der Waals surface area contributed by atoms with Crippen molar-refractivity contribution in [2.75, 3.05) is 19.7 Å². The van der Waals surface area contributed by atoms with Gasteiger partial charge in [0.15, 0.2) is 0 Å². The van der Waals surface area contributed by atoms with Gasteiger partial charge in [-0.2, -0.15) is 0 Å². The Kier molecular flexibility index (Phi) is 6.03. The van der Waals surface area contributed by atoms with E-state index in [1.54, 1.807) is 6.92 Å². The minimum Gasteiger partial charge on any atom is -0.465 e. The normalized spacial score (nSPS) is 16.6. The number of hydrogen-bond acceptors (Lipinski definition) is 3. The van der Waals surface area contributed by atoms with Gasteiger partial charge in [-0.1, -0.05) is 27.7 Å². The smallest absolute Gasteiger partial charge is 0.319 e. The van der Waals surface area contributed by atoms with Crippen molar-refractivity contribution in [2.24, 2.45) is 17.3 Å². The zero-order valence-corrected chi connectivity index (χ0v) is 13.6. The first-order chi connectivity index (χ1) is 9.31. The van der Waals surface area contributed by atoms with E-state index < -0.39 is 11.3 Å². The van der Waals surface area contributed by atoms with E-state index in [0.29, 0.717) is 12.5 Å². The first kappa shape index (κ1) is 17.0. The molecule has 1 fully saturated rings. The molecule has 1 unspecified atom stereocenters. The molecule has 0 aromatic rings. The summed E-state index contributed by atoms with van der Waals surface area (Å²) in [6, 6.07) is 0. The lowest BCUT2D eigenvalue weighted by Gasteiger charge is -2.33. The van der Waals surface area contributed by atoms with Crippen LogP contribution in [0, 0.1) is 17.3 Å². The highest BCUT2D eigenvalue weighted by Crippen LogP contribution is 2.33. The van der Waals surface area contributed by atoms with Crippen LogP contribution in [0.1, 0.15) is 53.9 Å². The van der Waals surface area contributed by atoms with Crippen molar-refractivity contribution in [3.05, 3.63) is 0 Å². The third-order valence-electron chi connectivity index (χ3n) is 3.62. The molecule has 4 nitrogen and oxygen atoms in total. The highest BCUT2D eigenvalue weighted by atomic mass is 16.5. The van der Waals surface area contributed by atoms with E-state index in [2.05, 4.69) is 6.92 Å². The van der Waals surface area contributed by atoms with Gasteiger partial charge in [-0.3, -0.25) is 9.59 Å². The molecule has 0 heterocycles. The number of rotatable bonds is 7. The third kappa shape index (κ3) is 4.80. The molecule has 4 heteroatoms. The summed E-state index contributed by atoms with van der Waals surface area (Å²) in [5, 5.41) is 0. The van der Waals surface area contributed by atoms with Crippen molar-refractivity contribution in [1.29, 1.82) is 0 Å². The number of ether oxygens (including phenoxy) is 1. The fourth-order valence-corrected chi connectivity index (χ4v) is 2.41. The zero-order valence-electron chi connectivity index (χ0n) is 13.6. The van der Waals surface area contributed by atoms with Crippen LogP contribution in [-0.2, 0) is 14.3 Å². The molecule has 1 atom stereocenters. The maximum atomic E-state index is 12.8. The highest BCUT2D eigenvalue weighted by molar-refractivity contribution is 5.98. The predicted molar refractivity (Wildman–Crippen MR) is 79.2 cm³/mol. The molecule has 0 aromatic heterocycles. The van der Waals surface area contributed by atoms with Gasteiger partial charge in [-0.05, 0) is 37.5 Å². The van der Waals surface area contributed by atoms with E-state index in [1.165, 1.54) is 12.8 Å². The van der Waals surface area contributed by atoms with Crippen LogP contribution in [0.3, 0.4) is 0 Å². The van der Waals surface area contributed by atoms with Gasteiger partial charge in [-0.15, -0.1) is 0 Å². The fourth-order valence-electron chi connectivity index (χ4n) is 2.41. The maximum Gasteiger partial charge on any atom is 0.319 e. The van der Waals surface area contributed by atoms with Crippen molar-refractivity contribution in [3.63, 3.8) is 0 Å². The summed E-state index contributed by atoms with van der Waals surface area (Å²) in [5.74, 6) is -0.521. The molecule has 116 valence electrons. The Bertz CT molecular complexity index is 342. The fraction of sp³-hybridized carbons (Fsp3) is 0.875. The lowest BCUT2D eigenvalue weighted by Crippen LogP contribution is -2.46. The SMILES string of the molecule is CCCN(CC1CC1)C(=O)C(C(=O)OCC)C(C)(C)C. The number of hydrogen-bond donors (Lipinski definition) is 0. The zero-order chi connectivity index (χ0) is 15.3. The molecule has 1 amide bonds. The first-order valence-electron chi connectivity index (χ1n) is 7.76. The Hall–Kier alpha value is -1.06. The van der Waals surface area contributed by atoms with Crippen molar-refractivity contribution in [2.45, 2.75) is 53.9 Å². The Morgan fingerprint density at radius 1 is 1.25 bits per heavy atom. The molecule has 1 saturated carbocycles. The van der Waals surface area contributed by atoms with Gasteiger partial charge >= 0.3 is 5.97 Å². The number of nitrogens with zero attached hydrogens (tertiary/aromatic N) is 1. The second kappa shape index (κ2) is 7.09. The van der Waals surface area contributed by atoms with Gasteiger partial charge in [0.1, 0.15) is 5.92 Å². The number of carbonyl (C=O) groups excluding carboxylic acids is 2. The topological polar surface area (TPSA) is 46.6 Å². The second-order valence-electron chi connectivity index (χ2n) is 6.78. The summed E-state index contributed by atoms with van der Waals surface area (Å²) in [6.45, 7) is 11.4. The molecular weight excluding hydrogens is 254 g/mol. The van der Waals surface area contributed by atoms with E-state index in [1.807, 2.05) is 25.7 Å². The van der Waals surface area contributed by atoms with Crippen LogP contribution < -0.4 is 0 Å². The number of amides is 1. The van der Waals surface area contributed by atoms with E-state index in [-0.39, 0.29) is 11.9 Å². The van der Waals surface area contributed by atoms with Gasteiger partial charge < -0.3 is 9.64 Å². The lowest BCUT2D eigenvalue weighted by atomic mass is 9.79. The highest BCUT2D eigenvalue weighted by Gasteiger charge is 2.42. The first-order valence-corrected chi connectivity index (χ1v) is 7.76. The van der Waals surface area contributed by atoms with Crippen LogP contribution in [0.15, 0.2) is 0 Å². The average molecular weight is 283 g/mol. The lowest BCUT2D eigenvalue weighted by molar-refractivity contribution is -0.160. The molecule has 0 N–H and O–H groups in total. The quantitative estimate of drug-likeness (QED) is 0.533. The van der Waals surface area contributed by atoms with E-state index in [4.69, 9.17) is 4.74 Å². The molecule has 0 saturated heterocycles. The monoisotopic (exact) mass is 283 g/mol. The third-order valence-corrected chi connectivity index (χ3v) is 3.62. The minimum atomic E-state index is -0.701. The molecule has 0 bridgehead atoms. The van der Waals surface area contributed by atoms with Crippen molar-refractivity contribution < 1.29 is 14.3 Å². The van der Waals surface area contributed by atoms with Gasteiger partial charge in [0, 0.05) is 13.1 Å². The Morgan fingerprint density at radius 2 is 1.85 bits per heavy atom. The Labute approximate surface area is 122 Å². The van der Waals surface area contributed by atoms with Gasteiger partial charge in [-0.25, -0.2) is 0 Å². The number of esters is 1. The van der Waals surface area contributed by atoms with Crippen LogP contribution >= 0.6 is 0 Å². The summed E-state index contributed by atoms with van der Waals surface area (Å²) in [7, 11) is 0. The summed E-state index contributed by atoms with van der Waals surface area (Å²) in [6.07, 6.45) is 3.32. The average Bonchev–Trinajstić information content (AvgIpc) is 3.10. The van der Waals surface area contributed by atoms with Crippen molar-refractivity contribution in [3.8, 4) is 0 Å². The standard InChI is InChI=1S/C16H29NO3/c1-6-10-17(11-12-8-9-12)14(18)13(16(3,4)5)15(19)20-7-2/h12-13H,6-11H2,1-5H3. The van der Waals surface area contributed by atoms with Gasteiger partial charge in [0.25, 0.3) is 0 Å². The summed E-state index contributed by atoms with van der Waals surface area (Å²) in [5.41, 5.74) is -0.418. The molecule has 1 aliphatic rings. The van der Waals surface area contributed by atoms with E-state index >= 15 is 0 Å². The summed E-state index contributed by atoms with van der Waals surface area (Å²) >= 11 is 0. The summed E-state index contributed by atoms with van der Waals surface area (Å²) in [4.78, 5) is 26.8. The van der Waals surface area contributed by atoms with Crippen LogP contribution in [-0.4, -0.2) is 36.5 Å². The molecule has 1 aliphatic carbocycles. The maximum absolute atomic E-state index is 12.8. The molecule has 20 heavy (non-hydrogen) atoms. The summed E-state index contributed by atoms with van der Waals surface area (Å²) < 4.78 is 5.11. The van der Waals surface area contributed by atoms with Crippen LogP contribution in [0.4, 0.5) is 0 Å². The van der Waals surface area contributed by atoms with Crippen LogP contribution in [0.5, 0.6) is 0 Å². The van der Waals surface area contributed by atoms with Crippen molar-refractivity contribution in [1.82, 2.24) is 4.90 Å². The van der Waals surface area contributed by atoms with Gasteiger partial charge in [0.05, 0.1) is 6.61 Å². The molecule has 0 aliphatic heterocycles. The molecule has 1 rings (SSSR count). The molecule has 0 spiro atoms. The Morgan fingerprint density at radius 3 is 2.25 bits per heavy atom. The molecule has 0 radical (unpaired) electrons. The van der Waals surface area contributed by atoms with E-state index in [0.717, 1.165) is 19.5 Å². The second-order valence-corrected chi connectivity index (χ2v) is 6.78.